The van der Waals surface area contributed by atoms with E-state index in [0.717, 1.165) is 44.1 Å². The third kappa shape index (κ3) is 4.76. The number of benzene rings is 3. The first kappa shape index (κ1) is 19.0. The van der Waals surface area contributed by atoms with Gasteiger partial charge in [0.15, 0.2) is 0 Å². The Morgan fingerprint density at radius 1 is 0.828 bits per heavy atom. The molecule has 0 radical (unpaired) electrons. The van der Waals surface area contributed by atoms with Gasteiger partial charge in [-0.1, -0.05) is 42.5 Å². The zero-order valence-corrected chi connectivity index (χ0v) is 16.3. The minimum atomic E-state index is -0.0981. The smallest absolute Gasteiger partial charge is 0.255 e. The highest BCUT2D eigenvalue weighted by Gasteiger charge is 2.19. The van der Waals surface area contributed by atoms with Gasteiger partial charge >= 0.3 is 0 Å². The van der Waals surface area contributed by atoms with Crippen LogP contribution in [0.5, 0.6) is 5.75 Å². The molecule has 0 unspecified atom stereocenters. The fourth-order valence-electron chi connectivity index (χ4n) is 3.62. The maximum absolute atomic E-state index is 12.4. The third-order valence-corrected chi connectivity index (χ3v) is 5.25. The predicted molar refractivity (Wildman–Crippen MR) is 116 cm³/mol. The van der Waals surface area contributed by atoms with Gasteiger partial charge in [0.2, 0.25) is 0 Å². The van der Waals surface area contributed by atoms with Crippen molar-refractivity contribution in [1.29, 1.82) is 0 Å². The number of hydrogen-bond acceptors (Lipinski definition) is 4. The van der Waals surface area contributed by atoms with Gasteiger partial charge in [0, 0.05) is 44.0 Å². The van der Waals surface area contributed by atoms with Crippen LogP contribution in [-0.4, -0.2) is 42.1 Å². The molecular weight excluding hydrogens is 362 g/mol. The first-order valence-corrected chi connectivity index (χ1v) is 9.90. The van der Waals surface area contributed by atoms with Gasteiger partial charge in [-0.15, -0.1) is 0 Å². The number of phenols is 1. The van der Waals surface area contributed by atoms with E-state index in [2.05, 4.69) is 15.1 Å². The monoisotopic (exact) mass is 387 g/mol. The SMILES string of the molecule is O=C(Nc1ccccc1)c1ccc(CN2CCN(c3ccccc3O)CC2)cc1. The molecule has 5 nitrogen and oxygen atoms in total. The van der Waals surface area contributed by atoms with Gasteiger partial charge < -0.3 is 15.3 Å². The average Bonchev–Trinajstić information content (AvgIpc) is 2.76. The molecule has 3 aromatic carbocycles. The van der Waals surface area contributed by atoms with Crippen molar-refractivity contribution < 1.29 is 9.90 Å². The van der Waals surface area contributed by atoms with E-state index < -0.39 is 0 Å². The van der Waals surface area contributed by atoms with E-state index in [1.165, 1.54) is 5.56 Å². The fraction of sp³-hybridized carbons (Fsp3) is 0.208. The van der Waals surface area contributed by atoms with Gasteiger partial charge in [0.1, 0.15) is 5.75 Å². The molecule has 3 aromatic rings. The number of aromatic hydroxyl groups is 1. The van der Waals surface area contributed by atoms with Crippen LogP contribution in [0.25, 0.3) is 0 Å². The summed E-state index contributed by atoms with van der Waals surface area (Å²) < 4.78 is 0. The summed E-state index contributed by atoms with van der Waals surface area (Å²) in [6, 6.07) is 24.8. The van der Waals surface area contributed by atoms with Crippen LogP contribution in [0, 0.1) is 0 Å². The van der Waals surface area contributed by atoms with Crippen LogP contribution >= 0.6 is 0 Å². The lowest BCUT2D eigenvalue weighted by Gasteiger charge is -2.36. The lowest BCUT2D eigenvalue weighted by molar-refractivity contribution is 0.102. The van der Waals surface area contributed by atoms with E-state index in [9.17, 15) is 9.90 Å². The second kappa shape index (κ2) is 8.80. The largest absolute Gasteiger partial charge is 0.506 e. The van der Waals surface area contributed by atoms with Crippen molar-refractivity contribution in [3.63, 3.8) is 0 Å². The van der Waals surface area contributed by atoms with E-state index in [0.29, 0.717) is 11.3 Å². The van der Waals surface area contributed by atoms with E-state index in [4.69, 9.17) is 0 Å². The Bertz CT molecular complexity index is 949. The maximum atomic E-state index is 12.4. The number of anilines is 2. The first-order valence-electron chi connectivity index (χ1n) is 9.90. The molecule has 1 aliphatic heterocycles. The number of nitrogens with one attached hydrogen (secondary N) is 1. The Morgan fingerprint density at radius 2 is 1.48 bits per heavy atom. The van der Waals surface area contributed by atoms with Crippen LogP contribution in [0.4, 0.5) is 11.4 Å². The van der Waals surface area contributed by atoms with E-state index in [-0.39, 0.29) is 5.91 Å². The molecule has 1 aliphatic rings. The summed E-state index contributed by atoms with van der Waals surface area (Å²) >= 11 is 0. The molecule has 29 heavy (non-hydrogen) atoms. The molecular formula is C24H25N3O2. The van der Waals surface area contributed by atoms with Crippen molar-refractivity contribution in [2.75, 3.05) is 36.4 Å². The van der Waals surface area contributed by atoms with E-state index in [1.807, 2.05) is 72.8 Å². The highest BCUT2D eigenvalue weighted by molar-refractivity contribution is 6.04. The summed E-state index contributed by atoms with van der Waals surface area (Å²) in [5.41, 5.74) is 3.55. The van der Waals surface area contributed by atoms with Gasteiger partial charge in [0.05, 0.1) is 5.69 Å². The molecule has 0 saturated carbocycles. The molecule has 1 fully saturated rings. The van der Waals surface area contributed by atoms with Crippen molar-refractivity contribution in [1.82, 2.24) is 4.90 Å². The lowest BCUT2D eigenvalue weighted by atomic mass is 10.1. The number of para-hydroxylation sites is 3. The molecule has 0 atom stereocenters. The molecule has 2 N–H and O–H groups in total. The lowest BCUT2D eigenvalue weighted by Crippen LogP contribution is -2.45. The zero-order chi connectivity index (χ0) is 20.1. The highest BCUT2D eigenvalue weighted by atomic mass is 16.3. The van der Waals surface area contributed by atoms with Gasteiger partial charge in [0.25, 0.3) is 5.91 Å². The summed E-state index contributed by atoms with van der Waals surface area (Å²) in [6.45, 7) is 4.49. The normalized spacial score (nSPS) is 14.6. The van der Waals surface area contributed by atoms with Gasteiger partial charge in [-0.2, -0.15) is 0 Å². The average molecular weight is 387 g/mol. The molecule has 4 rings (SSSR count). The summed E-state index contributed by atoms with van der Waals surface area (Å²) in [4.78, 5) is 17.0. The Balaban J connectivity index is 1.30. The summed E-state index contributed by atoms with van der Waals surface area (Å²) in [5.74, 6) is 0.240. The maximum Gasteiger partial charge on any atom is 0.255 e. The summed E-state index contributed by atoms with van der Waals surface area (Å²) in [7, 11) is 0. The van der Waals surface area contributed by atoms with E-state index >= 15 is 0 Å². The Morgan fingerprint density at radius 3 is 2.17 bits per heavy atom. The van der Waals surface area contributed by atoms with Gasteiger partial charge in [-0.3, -0.25) is 9.69 Å². The standard InChI is InChI=1S/C24H25N3O2/c28-23-9-5-4-8-22(23)27-16-14-26(15-17-27)18-19-10-12-20(13-11-19)24(29)25-21-6-2-1-3-7-21/h1-13,28H,14-18H2,(H,25,29). The molecule has 1 amide bonds. The van der Waals surface area contributed by atoms with Gasteiger partial charge in [-0.25, -0.2) is 0 Å². The van der Waals surface area contributed by atoms with E-state index in [1.54, 1.807) is 6.07 Å². The zero-order valence-electron chi connectivity index (χ0n) is 16.3. The second-order valence-electron chi connectivity index (χ2n) is 7.27. The van der Waals surface area contributed by atoms with Crippen LogP contribution in [-0.2, 0) is 6.54 Å². The van der Waals surface area contributed by atoms with Crippen molar-refractivity contribution in [3.8, 4) is 5.75 Å². The number of rotatable bonds is 5. The minimum absolute atomic E-state index is 0.0981. The molecule has 1 heterocycles. The molecule has 1 saturated heterocycles. The molecule has 0 bridgehead atoms. The molecule has 148 valence electrons. The molecule has 5 heteroatoms. The van der Waals surface area contributed by atoms with Crippen LogP contribution in [0.1, 0.15) is 15.9 Å². The van der Waals surface area contributed by atoms with Crippen LogP contribution in [0.2, 0.25) is 0 Å². The van der Waals surface area contributed by atoms with Crippen molar-refractivity contribution in [3.05, 3.63) is 90.0 Å². The number of phenolic OH excluding ortho intramolecular Hbond substituents is 1. The third-order valence-electron chi connectivity index (χ3n) is 5.25. The Labute approximate surface area is 171 Å². The number of carbonyl (C=O) groups excluding carboxylic acids is 1. The quantitative estimate of drug-likeness (QED) is 0.696. The number of carbonyl (C=O) groups is 1. The van der Waals surface area contributed by atoms with Gasteiger partial charge in [-0.05, 0) is 42.0 Å². The van der Waals surface area contributed by atoms with Crippen LogP contribution < -0.4 is 10.2 Å². The number of hydrogen-bond donors (Lipinski definition) is 2. The number of nitrogens with zero attached hydrogens (tertiary/aromatic N) is 2. The highest BCUT2D eigenvalue weighted by Crippen LogP contribution is 2.27. The first-order chi connectivity index (χ1) is 14.2. The topological polar surface area (TPSA) is 55.8 Å². The van der Waals surface area contributed by atoms with Crippen molar-refractivity contribution >= 4 is 17.3 Å². The Kier molecular flexibility index (Phi) is 5.77. The van der Waals surface area contributed by atoms with Crippen LogP contribution in [0.15, 0.2) is 78.9 Å². The fourth-order valence-corrected chi connectivity index (χ4v) is 3.62. The van der Waals surface area contributed by atoms with Crippen molar-refractivity contribution in [2.24, 2.45) is 0 Å². The predicted octanol–water partition coefficient (Wildman–Crippen LogP) is 3.97. The molecule has 0 aliphatic carbocycles. The Hall–Kier alpha value is -3.31. The number of piperazine rings is 1. The summed E-state index contributed by atoms with van der Waals surface area (Å²) in [6.07, 6.45) is 0. The second-order valence-corrected chi connectivity index (χ2v) is 7.27. The molecule has 0 aromatic heterocycles. The summed E-state index contributed by atoms with van der Waals surface area (Å²) in [5, 5.41) is 12.9. The number of amides is 1. The molecule has 0 spiro atoms. The minimum Gasteiger partial charge on any atom is -0.506 e. The van der Waals surface area contributed by atoms with Crippen LogP contribution in [0.3, 0.4) is 0 Å². The van der Waals surface area contributed by atoms with Crippen molar-refractivity contribution in [2.45, 2.75) is 6.54 Å².